The molecule has 2 heterocycles. The predicted molar refractivity (Wildman–Crippen MR) is 83.2 cm³/mol. The highest BCUT2D eigenvalue weighted by molar-refractivity contribution is 7.89. The summed E-state index contributed by atoms with van der Waals surface area (Å²) in [7, 11) is -3.81. The molecule has 0 unspecified atom stereocenters. The van der Waals surface area contributed by atoms with E-state index in [1.54, 1.807) is 30.6 Å². The highest BCUT2D eigenvalue weighted by atomic mass is 32.2. The van der Waals surface area contributed by atoms with E-state index < -0.39 is 10.0 Å². The number of nitrogens with two attached hydrogens (primary N) is 1. The maximum Gasteiger partial charge on any atom is 0.238 e. The first-order chi connectivity index (χ1) is 10.4. The van der Waals surface area contributed by atoms with E-state index in [4.69, 9.17) is 9.88 Å². The van der Waals surface area contributed by atoms with E-state index in [1.807, 2.05) is 24.0 Å². The van der Waals surface area contributed by atoms with Crippen LogP contribution in [0.2, 0.25) is 0 Å². The number of nitrogens with zero attached hydrogens (tertiary/aromatic N) is 2. The number of benzene rings is 1. The zero-order chi connectivity index (χ0) is 15.7. The number of pyridine rings is 1. The summed E-state index contributed by atoms with van der Waals surface area (Å²) in [5, 5.41) is 5.25. The molecule has 1 aliphatic heterocycles. The summed E-state index contributed by atoms with van der Waals surface area (Å²) in [5.41, 5.74) is 1.52. The molecule has 7 heteroatoms. The number of hydrogen-bond acceptors (Lipinski definition) is 5. The molecule has 6 nitrogen and oxygen atoms in total. The molecule has 2 N–H and O–H groups in total. The minimum atomic E-state index is -3.81. The fourth-order valence-electron chi connectivity index (χ4n) is 2.23. The van der Waals surface area contributed by atoms with E-state index in [2.05, 4.69) is 4.98 Å². The topological polar surface area (TPSA) is 85.5 Å². The van der Waals surface area contributed by atoms with Crippen LogP contribution in [0.1, 0.15) is 11.1 Å². The first-order valence-electron chi connectivity index (χ1n) is 6.61. The fourth-order valence-corrected chi connectivity index (χ4v) is 2.97. The van der Waals surface area contributed by atoms with Crippen LogP contribution in [0.5, 0.6) is 0 Å². The summed E-state index contributed by atoms with van der Waals surface area (Å²) in [6, 6.07) is 10.3. The van der Waals surface area contributed by atoms with Gasteiger partial charge in [0.1, 0.15) is 11.6 Å². The van der Waals surface area contributed by atoms with Crippen LogP contribution >= 0.6 is 0 Å². The lowest BCUT2D eigenvalue weighted by Gasteiger charge is -2.12. The van der Waals surface area contributed by atoms with Crippen molar-refractivity contribution < 1.29 is 13.2 Å². The van der Waals surface area contributed by atoms with Crippen LogP contribution in [0.3, 0.4) is 0 Å². The van der Waals surface area contributed by atoms with Gasteiger partial charge < -0.3 is 4.74 Å². The van der Waals surface area contributed by atoms with Crippen LogP contribution in [0.4, 0.5) is 5.82 Å². The van der Waals surface area contributed by atoms with Crippen molar-refractivity contribution in [3.05, 3.63) is 59.9 Å². The smallest absolute Gasteiger partial charge is 0.238 e. The van der Waals surface area contributed by atoms with Crippen molar-refractivity contribution in [2.75, 3.05) is 11.6 Å². The molecule has 114 valence electrons. The number of aryl methyl sites for hydroxylation is 1. The molecule has 0 saturated carbocycles. The Labute approximate surface area is 128 Å². The van der Waals surface area contributed by atoms with Gasteiger partial charge in [0.05, 0.1) is 11.1 Å². The summed E-state index contributed by atoms with van der Waals surface area (Å²) in [6.07, 6.45) is 3.45. The van der Waals surface area contributed by atoms with E-state index in [1.165, 1.54) is 6.07 Å². The number of rotatable bonds is 3. The average molecular weight is 317 g/mol. The van der Waals surface area contributed by atoms with Crippen molar-refractivity contribution in [1.29, 1.82) is 0 Å². The van der Waals surface area contributed by atoms with Crippen molar-refractivity contribution in [1.82, 2.24) is 4.98 Å². The van der Waals surface area contributed by atoms with Crippen LogP contribution in [-0.2, 0) is 14.8 Å². The monoisotopic (exact) mass is 317 g/mol. The Morgan fingerprint density at radius 3 is 2.77 bits per heavy atom. The number of ether oxygens (including phenoxy) is 1. The summed E-state index contributed by atoms with van der Waals surface area (Å²) in [6.45, 7) is 2.24. The minimum absolute atomic E-state index is 0.0419. The Bertz CT molecular complexity index is 847. The fraction of sp³-hybridized carbons (Fsp3) is 0.133. The standard InChI is InChI=1S/C15H15N3O3S/c1-11-6-7-17-15(8-11)18-9-13(21-10-18)12-4-2-3-5-14(12)22(16,19)20/h2-9H,10H2,1H3,(H2,16,19,20). The summed E-state index contributed by atoms with van der Waals surface area (Å²) in [4.78, 5) is 6.13. The van der Waals surface area contributed by atoms with Crippen molar-refractivity contribution in [2.45, 2.75) is 11.8 Å². The average Bonchev–Trinajstić information content (AvgIpc) is 2.96. The molecule has 0 bridgehead atoms. The van der Waals surface area contributed by atoms with Crippen LogP contribution < -0.4 is 10.0 Å². The highest BCUT2D eigenvalue weighted by Gasteiger charge is 2.23. The lowest BCUT2D eigenvalue weighted by atomic mass is 10.2. The number of anilines is 1. The van der Waals surface area contributed by atoms with Crippen LogP contribution in [0.25, 0.3) is 5.76 Å². The zero-order valence-electron chi connectivity index (χ0n) is 11.9. The molecule has 0 saturated heterocycles. The maximum atomic E-state index is 11.7. The van der Waals surface area contributed by atoms with Gasteiger partial charge in [-0.25, -0.2) is 18.5 Å². The van der Waals surface area contributed by atoms with E-state index in [0.717, 1.165) is 11.4 Å². The molecule has 1 aliphatic rings. The van der Waals surface area contributed by atoms with Crippen LogP contribution in [-0.4, -0.2) is 20.1 Å². The number of hydrogen-bond donors (Lipinski definition) is 1. The minimum Gasteiger partial charge on any atom is -0.471 e. The van der Waals surface area contributed by atoms with Crippen molar-refractivity contribution in [3.8, 4) is 0 Å². The van der Waals surface area contributed by atoms with E-state index in [9.17, 15) is 8.42 Å². The van der Waals surface area contributed by atoms with Gasteiger partial charge in [-0.1, -0.05) is 12.1 Å². The SMILES string of the molecule is Cc1ccnc(N2C=C(c3ccccc3S(N)(=O)=O)OC2)c1. The Morgan fingerprint density at radius 1 is 1.27 bits per heavy atom. The Kier molecular flexibility index (Phi) is 3.59. The third-order valence-corrected chi connectivity index (χ3v) is 4.26. The third kappa shape index (κ3) is 2.81. The second-order valence-electron chi connectivity index (χ2n) is 4.97. The molecule has 0 radical (unpaired) electrons. The molecule has 0 fully saturated rings. The molecule has 0 aliphatic carbocycles. The molecule has 1 aromatic carbocycles. The van der Waals surface area contributed by atoms with Crippen LogP contribution in [0.15, 0.2) is 53.7 Å². The molecule has 1 aromatic heterocycles. The van der Waals surface area contributed by atoms with Gasteiger partial charge in [0.25, 0.3) is 0 Å². The van der Waals surface area contributed by atoms with Crippen molar-refractivity contribution in [2.24, 2.45) is 5.14 Å². The summed E-state index contributed by atoms with van der Waals surface area (Å²) in [5.74, 6) is 1.19. The molecule has 22 heavy (non-hydrogen) atoms. The van der Waals surface area contributed by atoms with Gasteiger partial charge in [0, 0.05) is 11.8 Å². The third-order valence-electron chi connectivity index (χ3n) is 3.29. The van der Waals surface area contributed by atoms with Gasteiger partial charge in [0.2, 0.25) is 10.0 Å². The number of sulfonamides is 1. The lowest BCUT2D eigenvalue weighted by Crippen LogP contribution is -2.14. The number of primary sulfonamides is 1. The Morgan fingerprint density at radius 2 is 2.05 bits per heavy atom. The van der Waals surface area contributed by atoms with Crippen LogP contribution in [0, 0.1) is 6.92 Å². The normalized spacial score (nSPS) is 14.6. The molecular formula is C15H15N3O3S. The van der Waals surface area contributed by atoms with E-state index in [-0.39, 0.29) is 11.6 Å². The Hall–Kier alpha value is -2.38. The molecule has 0 amide bonds. The number of aromatic nitrogens is 1. The van der Waals surface area contributed by atoms with Gasteiger partial charge >= 0.3 is 0 Å². The second-order valence-corrected chi connectivity index (χ2v) is 6.50. The molecule has 0 spiro atoms. The second kappa shape index (κ2) is 5.43. The lowest BCUT2D eigenvalue weighted by molar-refractivity contribution is 0.306. The van der Waals surface area contributed by atoms with Gasteiger partial charge in [-0.15, -0.1) is 0 Å². The van der Waals surface area contributed by atoms with Crippen molar-refractivity contribution >= 4 is 21.6 Å². The first kappa shape index (κ1) is 14.6. The van der Waals surface area contributed by atoms with E-state index in [0.29, 0.717) is 11.3 Å². The van der Waals surface area contributed by atoms with Gasteiger partial charge in [-0.2, -0.15) is 0 Å². The molecule has 3 rings (SSSR count). The predicted octanol–water partition coefficient (Wildman–Crippen LogP) is 1.83. The summed E-state index contributed by atoms with van der Waals surface area (Å²) >= 11 is 0. The zero-order valence-corrected chi connectivity index (χ0v) is 12.7. The first-order valence-corrected chi connectivity index (χ1v) is 8.16. The Balaban J connectivity index is 2.00. The maximum absolute atomic E-state index is 11.7. The van der Waals surface area contributed by atoms with Gasteiger partial charge in [0.15, 0.2) is 6.73 Å². The van der Waals surface area contributed by atoms with Gasteiger partial charge in [-0.05, 0) is 36.8 Å². The quantitative estimate of drug-likeness (QED) is 0.933. The largest absolute Gasteiger partial charge is 0.471 e. The van der Waals surface area contributed by atoms with Gasteiger partial charge in [-0.3, -0.25) is 4.90 Å². The van der Waals surface area contributed by atoms with Crippen molar-refractivity contribution in [3.63, 3.8) is 0 Å². The van der Waals surface area contributed by atoms with E-state index >= 15 is 0 Å². The molecule has 2 aromatic rings. The summed E-state index contributed by atoms with van der Waals surface area (Å²) < 4.78 is 29.0. The highest BCUT2D eigenvalue weighted by Crippen LogP contribution is 2.29. The molecule has 0 atom stereocenters. The molecular weight excluding hydrogens is 302 g/mol.